The smallest absolute Gasteiger partial charge is 0.270 e. The van der Waals surface area contributed by atoms with Gasteiger partial charge in [-0.2, -0.15) is 0 Å². The van der Waals surface area contributed by atoms with Crippen LogP contribution in [-0.4, -0.2) is 27.9 Å². The molecule has 5 nitrogen and oxygen atoms in total. The highest BCUT2D eigenvalue weighted by Gasteiger charge is 2.14. The van der Waals surface area contributed by atoms with Gasteiger partial charge in [-0.25, -0.2) is 4.98 Å². The molecule has 1 aliphatic heterocycles. The molecule has 0 aliphatic carbocycles. The Morgan fingerprint density at radius 2 is 2.10 bits per heavy atom. The minimum atomic E-state index is -0.371. The fourth-order valence-corrected chi connectivity index (χ4v) is 3.45. The van der Waals surface area contributed by atoms with Gasteiger partial charge in [0.2, 0.25) is 0 Å². The number of nitro benzene ring substituents is 1. The number of piperidine rings is 1. The van der Waals surface area contributed by atoms with Crippen LogP contribution < -0.4 is 0 Å². The first kappa shape index (κ1) is 14.2. The van der Waals surface area contributed by atoms with Gasteiger partial charge in [-0.3, -0.25) is 15.0 Å². The van der Waals surface area contributed by atoms with Gasteiger partial charge < -0.3 is 0 Å². The van der Waals surface area contributed by atoms with E-state index in [0.717, 1.165) is 35.9 Å². The zero-order valence-electron chi connectivity index (χ0n) is 11.7. The lowest BCUT2D eigenvalue weighted by molar-refractivity contribution is -0.384. The van der Waals surface area contributed by atoms with Crippen LogP contribution in [0.2, 0.25) is 0 Å². The van der Waals surface area contributed by atoms with Crippen LogP contribution in [0.25, 0.3) is 11.3 Å². The van der Waals surface area contributed by atoms with E-state index in [1.54, 1.807) is 23.5 Å². The van der Waals surface area contributed by atoms with E-state index < -0.39 is 0 Å². The molecule has 0 spiro atoms. The molecule has 3 rings (SSSR count). The molecule has 110 valence electrons. The molecular formula is C15H17N3O2S. The van der Waals surface area contributed by atoms with Gasteiger partial charge in [0.1, 0.15) is 5.01 Å². The molecule has 1 saturated heterocycles. The van der Waals surface area contributed by atoms with E-state index in [4.69, 9.17) is 0 Å². The van der Waals surface area contributed by atoms with E-state index >= 15 is 0 Å². The highest BCUT2D eigenvalue weighted by Crippen LogP contribution is 2.26. The molecule has 0 N–H and O–H groups in total. The number of nitrogens with zero attached hydrogens (tertiary/aromatic N) is 3. The molecule has 6 heteroatoms. The Labute approximate surface area is 127 Å². The predicted octanol–water partition coefficient (Wildman–Crippen LogP) is 3.70. The highest BCUT2D eigenvalue weighted by atomic mass is 32.1. The maximum Gasteiger partial charge on any atom is 0.270 e. The summed E-state index contributed by atoms with van der Waals surface area (Å²) < 4.78 is 0. The molecule has 0 amide bonds. The molecule has 0 atom stereocenters. The average molecular weight is 303 g/mol. The quantitative estimate of drug-likeness (QED) is 0.638. The molecule has 2 aromatic rings. The number of hydrogen-bond acceptors (Lipinski definition) is 5. The SMILES string of the molecule is O=[N+]([O-])c1cccc(-c2csc(CN3CCCCC3)n2)c1. The fraction of sp³-hybridized carbons (Fsp3) is 0.400. The van der Waals surface area contributed by atoms with Gasteiger partial charge >= 0.3 is 0 Å². The molecule has 0 saturated carbocycles. The Balaban J connectivity index is 1.75. The van der Waals surface area contributed by atoms with Crippen molar-refractivity contribution in [3.05, 3.63) is 44.8 Å². The van der Waals surface area contributed by atoms with E-state index in [9.17, 15) is 10.1 Å². The summed E-state index contributed by atoms with van der Waals surface area (Å²) in [5.41, 5.74) is 1.75. The van der Waals surface area contributed by atoms with Crippen LogP contribution >= 0.6 is 11.3 Å². The van der Waals surface area contributed by atoms with E-state index in [2.05, 4.69) is 9.88 Å². The molecule has 1 fully saturated rings. The van der Waals surface area contributed by atoms with Crippen molar-refractivity contribution in [3.8, 4) is 11.3 Å². The summed E-state index contributed by atoms with van der Waals surface area (Å²) in [6.45, 7) is 3.18. The number of benzene rings is 1. The van der Waals surface area contributed by atoms with Crippen LogP contribution in [0, 0.1) is 10.1 Å². The maximum absolute atomic E-state index is 10.8. The zero-order chi connectivity index (χ0) is 14.7. The highest BCUT2D eigenvalue weighted by molar-refractivity contribution is 7.09. The van der Waals surface area contributed by atoms with Crippen molar-refractivity contribution >= 4 is 17.0 Å². The fourth-order valence-electron chi connectivity index (χ4n) is 2.60. The Morgan fingerprint density at radius 3 is 2.86 bits per heavy atom. The third kappa shape index (κ3) is 3.46. The lowest BCUT2D eigenvalue weighted by Crippen LogP contribution is -2.28. The number of nitro groups is 1. The standard InChI is InChI=1S/C15H17N3O2S/c19-18(20)13-6-4-5-12(9-13)14-11-21-15(16-14)10-17-7-2-1-3-8-17/h4-6,9,11H,1-3,7-8,10H2. The van der Waals surface area contributed by atoms with Crippen LogP contribution in [0.4, 0.5) is 5.69 Å². The van der Waals surface area contributed by atoms with Crippen LogP contribution in [0.15, 0.2) is 29.6 Å². The van der Waals surface area contributed by atoms with E-state index in [-0.39, 0.29) is 10.6 Å². The molecule has 1 aromatic carbocycles. The van der Waals surface area contributed by atoms with Crippen LogP contribution in [0.5, 0.6) is 0 Å². The van der Waals surface area contributed by atoms with Crippen molar-refractivity contribution < 1.29 is 4.92 Å². The van der Waals surface area contributed by atoms with E-state index in [1.165, 1.54) is 25.3 Å². The second kappa shape index (κ2) is 6.32. The van der Waals surface area contributed by atoms with Crippen LogP contribution in [0.1, 0.15) is 24.3 Å². The maximum atomic E-state index is 10.8. The molecule has 2 heterocycles. The van der Waals surface area contributed by atoms with Crippen molar-refractivity contribution in [2.24, 2.45) is 0 Å². The molecular weight excluding hydrogens is 286 g/mol. The first-order chi connectivity index (χ1) is 10.2. The van der Waals surface area contributed by atoms with Gasteiger partial charge in [-0.1, -0.05) is 18.6 Å². The van der Waals surface area contributed by atoms with Crippen molar-refractivity contribution in [2.75, 3.05) is 13.1 Å². The predicted molar refractivity (Wildman–Crippen MR) is 83.3 cm³/mol. The van der Waals surface area contributed by atoms with Crippen LogP contribution in [0.3, 0.4) is 0 Å². The van der Waals surface area contributed by atoms with Crippen molar-refractivity contribution in [1.82, 2.24) is 9.88 Å². The normalized spacial score (nSPS) is 16.0. The lowest BCUT2D eigenvalue weighted by atomic mass is 10.1. The molecule has 0 radical (unpaired) electrons. The molecule has 1 aliphatic rings. The van der Waals surface area contributed by atoms with E-state index in [0.29, 0.717) is 0 Å². The molecule has 0 unspecified atom stereocenters. The Hall–Kier alpha value is -1.79. The summed E-state index contributed by atoms with van der Waals surface area (Å²) in [4.78, 5) is 17.5. The number of non-ortho nitro benzene ring substituents is 1. The second-order valence-electron chi connectivity index (χ2n) is 5.27. The molecule has 1 aromatic heterocycles. The van der Waals surface area contributed by atoms with Gasteiger partial charge in [-0.15, -0.1) is 11.3 Å². The van der Waals surface area contributed by atoms with Crippen molar-refractivity contribution in [1.29, 1.82) is 0 Å². The van der Waals surface area contributed by atoms with Crippen LogP contribution in [-0.2, 0) is 6.54 Å². The Kier molecular flexibility index (Phi) is 4.26. The van der Waals surface area contributed by atoms with Gasteiger partial charge in [-0.05, 0) is 25.9 Å². The minimum absolute atomic E-state index is 0.109. The second-order valence-corrected chi connectivity index (χ2v) is 6.21. The Morgan fingerprint density at radius 1 is 1.29 bits per heavy atom. The summed E-state index contributed by atoms with van der Waals surface area (Å²) >= 11 is 1.63. The summed E-state index contributed by atoms with van der Waals surface area (Å²) in [5, 5.41) is 13.9. The minimum Gasteiger partial charge on any atom is -0.297 e. The van der Waals surface area contributed by atoms with Crippen molar-refractivity contribution in [2.45, 2.75) is 25.8 Å². The third-order valence-electron chi connectivity index (χ3n) is 3.71. The summed E-state index contributed by atoms with van der Waals surface area (Å²) in [7, 11) is 0. The van der Waals surface area contributed by atoms with Gasteiger partial charge in [0.15, 0.2) is 0 Å². The number of hydrogen-bond donors (Lipinski definition) is 0. The summed E-state index contributed by atoms with van der Waals surface area (Å²) in [5.74, 6) is 0. The number of thiazole rings is 1. The number of rotatable bonds is 4. The average Bonchev–Trinajstić information content (AvgIpc) is 2.97. The van der Waals surface area contributed by atoms with Gasteiger partial charge in [0.05, 0.1) is 17.2 Å². The lowest BCUT2D eigenvalue weighted by Gasteiger charge is -2.25. The third-order valence-corrected chi connectivity index (χ3v) is 4.55. The topological polar surface area (TPSA) is 59.3 Å². The first-order valence-electron chi connectivity index (χ1n) is 7.14. The molecule has 0 bridgehead atoms. The van der Waals surface area contributed by atoms with Gasteiger partial charge in [0.25, 0.3) is 5.69 Å². The number of likely N-dealkylation sites (tertiary alicyclic amines) is 1. The zero-order valence-corrected chi connectivity index (χ0v) is 12.5. The summed E-state index contributed by atoms with van der Waals surface area (Å²) in [6.07, 6.45) is 3.86. The van der Waals surface area contributed by atoms with Crippen molar-refractivity contribution in [3.63, 3.8) is 0 Å². The summed E-state index contributed by atoms with van der Waals surface area (Å²) in [6, 6.07) is 6.66. The Bertz CT molecular complexity index is 635. The molecule has 21 heavy (non-hydrogen) atoms. The monoisotopic (exact) mass is 303 g/mol. The number of aromatic nitrogens is 1. The van der Waals surface area contributed by atoms with Gasteiger partial charge in [0, 0.05) is 23.1 Å². The largest absolute Gasteiger partial charge is 0.297 e. The van der Waals surface area contributed by atoms with E-state index in [1.807, 2.05) is 11.4 Å². The first-order valence-corrected chi connectivity index (χ1v) is 8.02.